The van der Waals surface area contributed by atoms with Crippen molar-refractivity contribution in [2.45, 2.75) is 11.8 Å². The monoisotopic (exact) mass is 306 g/mol. The summed E-state index contributed by atoms with van der Waals surface area (Å²) in [5.74, 6) is 0.175. The fourth-order valence-electron chi connectivity index (χ4n) is 1.73. The molecule has 0 aliphatic carbocycles. The van der Waals surface area contributed by atoms with Crippen LogP contribution in [0.15, 0.2) is 35.6 Å². The molecule has 0 spiro atoms. The van der Waals surface area contributed by atoms with E-state index in [1.165, 1.54) is 18.0 Å². The summed E-state index contributed by atoms with van der Waals surface area (Å²) >= 11 is 1.32. The van der Waals surface area contributed by atoms with Crippen molar-refractivity contribution in [2.24, 2.45) is 0 Å². The summed E-state index contributed by atoms with van der Waals surface area (Å²) in [6.07, 6.45) is 3.02. The molecule has 0 aliphatic rings. The lowest BCUT2D eigenvalue weighted by Crippen LogP contribution is -2.02. The quantitative estimate of drug-likeness (QED) is 0.379. The number of thioether (sulfide) groups is 1. The van der Waals surface area contributed by atoms with E-state index in [-0.39, 0.29) is 11.5 Å². The fourth-order valence-corrected chi connectivity index (χ4v) is 2.07. The maximum Gasteiger partial charge on any atom is 0.329 e. The minimum Gasteiger partial charge on any atom is -0.380 e. The van der Waals surface area contributed by atoms with Crippen molar-refractivity contribution in [3.05, 3.63) is 46.1 Å². The van der Waals surface area contributed by atoms with E-state index in [9.17, 15) is 10.1 Å². The Hall–Kier alpha value is -2.19. The first-order valence-electron chi connectivity index (χ1n) is 6.04. The maximum absolute atomic E-state index is 11.0. The molecule has 0 amide bonds. The van der Waals surface area contributed by atoms with Crippen LogP contribution in [0.1, 0.15) is 5.56 Å². The van der Waals surface area contributed by atoms with Crippen LogP contribution in [0.3, 0.4) is 0 Å². The van der Waals surface area contributed by atoms with Crippen LogP contribution in [0.25, 0.3) is 0 Å². The molecule has 1 aromatic heterocycles. The standard InChI is InChI=1S/C13H14N4O3S/c1-20-8-9-4-3-5-10(6-9)15-12-11(17(18)19)7-14-13(16-12)21-2/h3-7H,8H2,1-2H3,(H,14,15,16). The smallest absolute Gasteiger partial charge is 0.329 e. The zero-order valence-electron chi connectivity index (χ0n) is 11.6. The van der Waals surface area contributed by atoms with Gasteiger partial charge in [0.15, 0.2) is 5.16 Å². The third-order valence-electron chi connectivity index (χ3n) is 2.63. The molecule has 0 fully saturated rings. The van der Waals surface area contributed by atoms with Crippen molar-refractivity contribution in [3.8, 4) is 0 Å². The Bertz CT molecular complexity index is 651. The van der Waals surface area contributed by atoms with E-state index in [1.807, 2.05) is 30.5 Å². The minimum absolute atomic E-state index is 0.162. The van der Waals surface area contributed by atoms with E-state index in [4.69, 9.17) is 4.74 Å². The van der Waals surface area contributed by atoms with Crippen LogP contribution in [0.2, 0.25) is 0 Å². The molecule has 1 heterocycles. The zero-order chi connectivity index (χ0) is 15.2. The fraction of sp³-hybridized carbons (Fsp3) is 0.231. The second kappa shape index (κ2) is 7.00. The van der Waals surface area contributed by atoms with Gasteiger partial charge in [-0.15, -0.1) is 0 Å². The number of ether oxygens (including phenoxy) is 1. The van der Waals surface area contributed by atoms with Crippen LogP contribution in [0.4, 0.5) is 17.2 Å². The molecule has 0 atom stereocenters. The van der Waals surface area contributed by atoms with Crippen LogP contribution in [0, 0.1) is 10.1 Å². The number of aromatic nitrogens is 2. The number of nitrogens with one attached hydrogen (secondary N) is 1. The summed E-state index contributed by atoms with van der Waals surface area (Å²) in [4.78, 5) is 18.6. The van der Waals surface area contributed by atoms with Crippen LogP contribution < -0.4 is 5.32 Å². The average Bonchev–Trinajstić information content (AvgIpc) is 2.47. The summed E-state index contributed by atoms with van der Waals surface area (Å²) < 4.78 is 5.07. The predicted octanol–water partition coefficient (Wildman–Crippen LogP) is 3.00. The molecule has 1 N–H and O–H groups in total. The van der Waals surface area contributed by atoms with Gasteiger partial charge in [-0.3, -0.25) is 10.1 Å². The third kappa shape index (κ3) is 3.89. The molecule has 21 heavy (non-hydrogen) atoms. The molecule has 7 nitrogen and oxygen atoms in total. The van der Waals surface area contributed by atoms with E-state index < -0.39 is 4.92 Å². The molecule has 8 heteroatoms. The second-order valence-electron chi connectivity index (χ2n) is 4.11. The van der Waals surface area contributed by atoms with Gasteiger partial charge in [0.05, 0.1) is 11.5 Å². The van der Waals surface area contributed by atoms with E-state index in [0.29, 0.717) is 17.5 Å². The summed E-state index contributed by atoms with van der Waals surface area (Å²) in [6.45, 7) is 0.470. The number of methoxy groups -OCH3 is 1. The number of nitrogens with zero attached hydrogens (tertiary/aromatic N) is 3. The lowest BCUT2D eigenvalue weighted by atomic mass is 10.2. The summed E-state index contributed by atoms with van der Waals surface area (Å²) in [5, 5.41) is 14.5. The van der Waals surface area contributed by atoms with Gasteiger partial charge in [0.2, 0.25) is 5.82 Å². The number of nitro groups is 1. The van der Waals surface area contributed by atoms with E-state index >= 15 is 0 Å². The van der Waals surface area contributed by atoms with Gasteiger partial charge in [-0.1, -0.05) is 23.9 Å². The first-order valence-corrected chi connectivity index (χ1v) is 7.27. The third-order valence-corrected chi connectivity index (χ3v) is 3.19. The largest absolute Gasteiger partial charge is 0.380 e. The molecule has 2 aromatic rings. The van der Waals surface area contributed by atoms with E-state index in [0.717, 1.165) is 5.56 Å². The molecule has 1 aromatic carbocycles. The van der Waals surface area contributed by atoms with Crippen molar-refractivity contribution in [1.82, 2.24) is 9.97 Å². The first kappa shape index (κ1) is 15.2. The number of anilines is 2. The highest BCUT2D eigenvalue weighted by molar-refractivity contribution is 7.98. The van der Waals surface area contributed by atoms with Gasteiger partial charge in [-0.25, -0.2) is 4.98 Å². The van der Waals surface area contributed by atoms with Gasteiger partial charge >= 0.3 is 5.69 Å². The highest BCUT2D eigenvalue weighted by Gasteiger charge is 2.17. The van der Waals surface area contributed by atoms with Crippen LogP contribution in [0.5, 0.6) is 0 Å². The molecule has 2 rings (SSSR count). The lowest BCUT2D eigenvalue weighted by molar-refractivity contribution is -0.384. The molecule has 0 aliphatic heterocycles. The van der Waals surface area contributed by atoms with Crippen molar-refractivity contribution >= 4 is 29.0 Å². The highest BCUT2D eigenvalue weighted by Crippen LogP contribution is 2.26. The molecule has 110 valence electrons. The van der Waals surface area contributed by atoms with Gasteiger partial charge in [0.1, 0.15) is 6.20 Å². The van der Waals surface area contributed by atoms with Gasteiger partial charge in [0.25, 0.3) is 0 Å². The SMILES string of the molecule is COCc1cccc(Nc2nc(SC)ncc2[N+](=O)[O-])c1. The number of rotatable bonds is 6. The molecule has 0 bridgehead atoms. The van der Waals surface area contributed by atoms with Gasteiger partial charge < -0.3 is 10.1 Å². The van der Waals surface area contributed by atoms with Crippen molar-refractivity contribution < 1.29 is 9.66 Å². The Morgan fingerprint density at radius 2 is 2.29 bits per heavy atom. The summed E-state index contributed by atoms with van der Waals surface area (Å²) in [6, 6.07) is 7.42. The van der Waals surface area contributed by atoms with Crippen molar-refractivity contribution in [2.75, 3.05) is 18.7 Å². The topological polar surface area (TPSA) is 90.2 Å². The van der Waals surface area contributed by atoms with Crippen LogP contribution in [-0.2, 0) is 11.3 Å². The van der Waals surface area contributed by atoms with Crippen LogP contribution in [-0.4, -0.2) is 28.3 Å². The molecule has 0 radical (unpaired) electrons. The maximum atomic E-state index is 11.0. The Balaban J connectivity index is 2.33. The Kier molecular flexibility index (Phi) is 5.07. The normalized spacial score (nSPS) is 10.4. The first-order chi connectivity index (χ1) is 10.1. The van der Waals surface area contributed by atoms with E-state index in [2.05, 4.69) is 15.3 Å². The zero-order valence-corrected chi connectivity index (χ0v) is 12.4. The lowest BCUT2D eigenvalue weighted by Gasteiger charge is -2.08. The Morgan fingerprint density at radius 3 is 2.95 bits per heavy atom. The average molecular weight is 306 g/mol. The van der Waals surface area contributed by atoms with Gasteiger partial charge in [-0.05, 0) is 24.0 Å². The number of hydrogen-bond donors (Lipinski definition) is 1. The number of hydrogen-bond acceptors (Lipinski definition) is 7. The second-order valence-corrected chi connectivity index (χ2v) is 4.88. The van der Waals surface area contributed by atoms with Gasteiger partial charge in [0, 0.05) is 12.8 Å². The molecular weight excluding hydrogens is 292 g/mol. The summed E-state index contributed by atoms with van der Waals surface area (Å²) in [5.41, 5.74) is 1.51. The minimum atomic E-state index is -0.508. The van der Waals surface area contributed by atoms with E-state index in [1.54, 1.807) is 7.11 Å². The number of benzene rings is 1. The predicted molar refractivity (Wildman–Crippen MR) is 80.9 cm³/mol. The molecule has 0 saturated heterocycles. The van der Waals surface area contributed by atoms with Crippen LogP contribution >= 0.6 is 11.8 Å². The van der Waals surface area contributed by atoms with Gasteiger partial charge in [-0.2, -0.15) is 4.98 Å². The molecule has 0 saturated carbocycles. The summed E-state index contributed by atoms with van der Waals surface area (Å²) in [7, 11) is 1.61. The molecule has 0 unspecified atom stereocenters. The van der Waals surface area contributed by atoms with Crippen molar-refractivity contribution in [1.29, 1.82) is 0 Å². The Labute approximate surface area is 125 Å². The highest BCUT2D eigenvalue weighted by atomic mass is 32.2. The molecular formula is C13H14N4O3S. The Morgan fingerprint density at radius 1 is 1.48 bits per heavy atom. The van der Waals surface area contributed by atoms with Crippen molar-refractivity contribution in [3.63, 3.8) is 0 Å².